The summed E-state index contributed by atoms with van der Waals surface area (Å²) in [5.74, 6) is -4.43. The van der Waals surface area contributed by atoms with E-state index in [0.29, 0.717) is 12.8 Å². The zero-order valence-electron chi connectivity index (χ0n) is 10.3. The molecular weight excluding hydrogens is 252 g/mol. The SMILES string of the molecule is O=C(O)C12CC3CC(CC(C3)C1(C(=O)O)C(=O)O)C2. The Morgan fingerprint density at radius 1 is 0.789 bits per heavy atom. The number of hydrogen-bond donors (Lipinski definition) is 3. The van der Waals surface area contributed by atoms with Crippen LogP contribution >= 0.6 is 0 Å². The molecule has 0 heterocycles. The van der Waals surface area contributed by atoms with Gasteiger partial charge in [-0.1, -0.05) is 0 Å². The summed E-state index contributed by atoms with van der Waals surface area (Å²) in [7, 11) is 0. The molecule has 0 aliphatic heterocycles. The molecule has 0 amide bonds. The molecule has 0 aromatic heterocycles. The van der Waals surface area contributed by atoms with Crippen molar-refractivity contribution in [1.82, 2.24) is 0 Å². The summed E-state index contributed by atoms with van der Waals surface area (Å²) >= 11 is 0. The summed E-state index contributed by atoms with van der Waals surface area (Å²) in [6, 6.07) is 0. The minimum absolute atomic E-state index is 0.167. The third-order valence-corrected chi connectivity index (χ3v) is 5.63. The Morgan fingerprint density at radius 3 is 1.63 bits per heavy atom. The molecule has 0 aromatic rings. The highest BCUT2D eigenvalue weighted by Crippen LogP contribution is 2.68. The summed E-state index contributed by atoms with van der Waals surface area (Å²) in [4.78, 5) is 35.2. The number of rotatable bonds is 3. The first kappa shape index (κ1) is 12.4. The largest absolute Gasteiger partial charge is 0.481 e. The lowest BCUT2D eigenvalue weighted by atomic mass is 9.38. The highest BCUT2D eigenvalue weighted by Gasteiger charge is 2.76. The quantitative estimate of drug-likeness (QED) is 0.660. The fourth-order valence-corrected chi connectivity index (χ4v) is 5.23. The van der Waals surface area contributed by atoms with E-state index >= 15 is 0 Å². The molecule has 4 aliphatic carbocycles. The summed E-state index contributed by atoms with van der Waals surface area (Å²) in [5, 5.41) is 28.7. The van der Waals surface area contributed by atoms with Gasteiger partial charge in [-0.3, -0.25) is 14.4 Å². The molecule has 0 radical (unpaired) electrons. The summed E-state index contributed by atoms with van der Waals surface area (Å²) < 4.78 is 0. The molecule has 2 unspecified atom stereocenters. The van der Waals surface area contributed by atoms with E-state index in [2.05, 4.69) is 0 Å². The lowest BCUT2D eigenvalue weighted by Gasteiger charge is -2.61. The predicted molar refractivity (Wildman–Crippen MR) is 61.3 cm³/mol. The second-order valence-electron chi connectivity index (χ2n) is 6.35. The molecule has 6 heteroatoms. The second-order valence-corrected chi connectivity index (χ2v) is 6.35. The van der Waals surface area contributed by atoms with Gasteiger partial charge in [0, 0.05) is 0 Å². The Kier molecular flexibility index (Phi) is 2.29. The van der Waals surface area contributed by atoms with Crippen LogP contribution in [-0.2, 0) is 14.4 Å². The van der Waals surface area contributed by atoms with Gasteiger partial charge in [0.25, 0.3) is 0 Å². The molecule has 19 heavy (non-hydrogen) atoms. The molecule has 4 bridgehead atoms. The summed E-state index contributed by atoms with van der Waals surface area (Å²) in [5.41, 5.74) is -3.77. The highest BCUT2D eigenvalue weighted by molar-refractivity contribution is 6.05. The number of aliphatic carboxylic acids is 3. The van der Waals surface area contributed by atoms with Gasteiger partial charge in [0.2, 0.25) is 0 Å². The van der Waals surface area contributed by atoms with Crippen molar-refractivity contribution in [1.29, 1.82) is 0 Å². The Balaban J connectivity index is 2.23. The predicted octanol–water partition coefficient (Wildman–Crippen LogP) is 1.05. The molecule has 2 atom stereocenters. The van der Waals surface area contributed by atoms with E-state index in [1.807, 2.05) is 0 Å². The monoisotopic (exact) mass is 268 g/mol. The van der Waals surface area contributed by atoms with Gasteiger partial charge >= 0.3 is 17.9 Å². The van der Waals surface area contributed by atoms with Crippen LogP contribution in [-0.4, -0.2) is 33.2 Å². The van der Waals surface area contributed by atoms with E-state index < -0.39 is 34.7 Å². The number of carbonyl (C=O) groups is 3. The average molecular weight is 268 g/mol. The van der Waals surface area contributed by atoms with E-state index in [4.69, 9.17) is 0 Å². The highest BCUT2D eigenvalue weighted by atomic mass is 16.4. The molecule has 0 saturated heterocycles. The van der Waals surface area contributed by atoms with E-state index in [1.165, 1.54) is 0 Å². The third-order valence-electron chi connectivity index (χ3n) is 5.63. The zero-order chi connectivity index (χ0) is 14.0. The van der Waals surface area contributed by atoms with Crippen LogP contribution in [0.5, 0.6) is 0 Å². The van der Waals surface area contributed by atoms with Crippen molar-refractivity contribution < 1.29 is 29.7 Å². The van der Waals surface area contributed by atoms with Crippen molar-refractivity contribution >= 4 is 17.9 Å². The number of carboxylic acids is 3. The van der Waals surface area contributed by atoms with E-state index in [0.717, 1.165) is 6.42 Å². The van der Waals surface area contributed by atoms with Crippen LogP contribution in [0.1, 0.15) is 32.1 Å². The third kappa shape index (κ3) is 1.19. The van der Waals surface area contributed by atoms with E-state index in [-0.39, 0.29) is 24.7 Å². The lowest BCUT2D eigenvalue weighted by Crippen LogP contribution is -2.69. The van der Waals surface area contributed by atoms with Gasteiger partial charge < -0.3 is 15.3 Å². The Morgan fingerprint density at radius 2 is 1.26 bits per heavy atom. The summed E-state index contributed by atoms with van der Waals surface area (Å²) in [6.07, 6.45) is 2.36. The van der Waals surface area contributed by atoms with Gasteiger partial charge in [-0.05, 0) is 49.9 Å². The minimum Gasteiger partial charge on any atom is -0.481 e. The number of hydrogen-bond acceptors (Lipinski definition) is 3. The van der Waals surface area contributed by atoms with Crippen LogP contribution < -0.4 is 0 Å². The lowest BCUT2D eigenvalue weighted by molar-refractivity contribution is -0.223. The van der Waals surface area contributed by atoms with Gasteiger partial charge in [-0.2, -0.15) is 0 Å². The summed E-state index contributed by atoms with van der Waals surface area (Å²) in [6.45, 7) is 0. The van der Waals surface area contributed by atoms with Gasteiger partial charge in [-0.25, -0.2) is 0 Å². The fourth-order valence-electron chi connectivity index (χ4n) is 5.23. The molecule has 0 spiro atoms. The maximum absolute atomic E-state index is 11.8. The average Bonchev–Trinajstić information content (AvgIpc) is 2.26. The van der Waals surface area contributed by atoms with Crippen LogP contribution in [0.4, 0.5) is 0 Å². The van der Waals surface area contributed by atoms with Gasteiger partial charge in [0.05, 0.1) is 5.41 Å². The Hall–Kier alpha value is -1.59. The molecule has 104 valence electrons. The molecule has 4 saturated carbocycles. The molecule has 4 rings (SSSR count). The molecule has 4 aliphatic rings. The van der Waals surface area contributed by atoms with Crippen molar-refractivity contribution in [3.63, 3.8) is 0 Å². The van der Waals surface area contributed by atoms with Crippen LogP contribution in [0.2, 0.25) is 0 Å². The van der Waals surface area contributed by atoms with Crippen LogP contribution in [0.3, 0.4) is 0 Å². The topological polar surface area (TPSA) is 112 Å². The molecule has 4 fully saturated rings. The van der Waals surface area contributed by atoms with Crippen molar-refractivity contribution in [3.8, 4) is 0 Å². The van der Waals surface area contributed by atoms with E-state index in [1.54, 1.807) is 0 Å². The van der Waals surface area contributed by atoms with E-state index in [9.17, 15) is 29.7 Å². The molecular formula is C13H16O6. The standard InChI is InChI=1S/C13H16O6/c14-9(15)12-4-6-1-7(5-12)3-8(2-6)13(12,10(16)17)11(18)19/h6-8H,1-5H2,(H,14,15)(H,16,17)(H,18,19). The van der Waals surface area contributed by atoms with Crippen molar-refractivity contribution in [2.24, 2.45) is 28.6 Å². The maximum Gasteiger partial charge on any atom is 0.322 e. The van der Waals surface area contributed by atoms with Gasteiger partial charge in [0.1, 0.15) is 0 Å². The molecule has 3 N–H and O–H groups in total. The molecule has 6 nitrogen and oxygen atoms in total. The normalized spacial score (nSPS) is 42.0. The van der Waals surface area contributed by atoms with Crippen molar-refractivity contribution in [2.75, 3.05) is 0 Å². The second kappa shape index (κ2) is 3.49. The fraction of sp³-hybridized carbons (Fsp3) is 0.769. The smallest absolute Gasteiger partial charge is 0.322 e. The number of carboxylic acid groups (broad SMARTS) is 3. The first-order chi connectivity index (χ1) is 8.84. The first-order valence-electron chi connectivity index (χ1n) is 6.54. The van der Waals surface area contributed by atoms with Crippen LogP contribution in [0.25, 0.3) is 0 Å². The Labute approximate surface area is 109 Å². The van der Waals surface area contributed by atoms with Crippen LogP contribution in [0, 0.1) is 28.6 Å². The van der Waals surface area contributed by atoms with Crippen molar-refractivity contribution in [2.45, 2.75) is 32.1 Å². The Bertz CT molecular complexity index is 454. The van der Waals surface area contributed by atoms with Crippen molar-refractivity contribution in [3.05, 3.63) is 0 Å². The first-order valence-corrected chi connectivity index (χ1v) is 6.54. The van der Waals surface area contributed by atoms with Gasteiger partial charge in [-0.15, -0.1) is 0 Å². The molecule has 0 aromatic carbocycles. The zero-order valence-corrected chi connectivity index (χ0v) is 10.3. The van der Waals surface area contributed by atoms with Crippen LogP contribution in [0.15, 0.2) is 0 Å². The maximum atomic E-state index is 11.8. The minimum atomic E-state index is -2.15. The van der Waals surface area contributed by atoms with Gasteiger partial charge in [0.15, 0.2) is 5.41 Å².